The molecule has 0 aliphatic carbocycles. The van der Waals surface area contributed by atoms with Gasteiger partial charge in [0, 0.05) is 25.7 Å². The minimum Gasteiger partial charge on any atom is -0.462 e. The summed E-state index contributed by atoms with van der Waals surface area (Å²) >= 11 is 0. The summed E-state index contributed by atoms with van der Waals surface area (Å²) < 4.78 is 65.3. The number of esters is 4. The number of carbonyl (C=O) groups excluding carboxylic acids is 4. The molecule has 20 nitrogen and oxygen atoms in total. The van der Waals surface area contributed by atoms with Crippen LogP contribution in [0.4, 0.5) is 0 Å². The highest BCUT2D eigenvalue weighted by Crippen LogP contribution is 2.44. The number of carbonyl (C=O) groups is 4. The number of ether oxygens (including phenoxy) is 4. The molecule has 4 unspecified atom stereocenters. The van der Waals surface area contributed by atoms with Gasteiger partial charge in [-0.3, -0.25) is 37.3 Å². The fourth-order valence-corrected chi connectivity index (χ4v) is 13.0. The molecule has 0 aromatic carbocycles. The van der Waals surface area contributed by atoms with E-state index in [-0.39, 0.29) is 38.9 Å². The van der Waals surface area contributed by atoms with Crippen molar-refractivity contribution in [1.29, 1.82) is 0 Å². The van der Waals surface area contributed by atoms with Gasteiger partial charge in [0.2, 0.25) is 0 Å². The number of allylic oxidation sites excluding steroid dienone is 4. The van der Waals surface area contributed by atoms with Crippen molar-refractivity contribution in [2.45, 2.75) is 412 Å². The number of unbranched alkanes of at least 4 members (excludes halogenated alkanes) is 46. The summed E-state index contributed by atoms with van der Waals surface area (Å²) in [5.41, 5.74) is 0. The van der Waals surface area contributed by atoms with Crippen LogP contribution in [0.3, 0.4) is 0 Å². The third-order valence-electron chi connectivity index (χ3n) is 17.8. The third kappa shape index (κ3) is 78.5. The van der Waals surface area contributed by atoms with Crippen LogP contribution in [0.5, 0.6) is 0 Å². The smallest absolute Gasteiger partial charge is 0.462 e. The van der Waals surface area contributed by atoms with Gasteiger partial charge in [-0.05, 0) is 77.0 Å². The molecule has 0 amide bonds. The first-order valence-electron chi connectivity index (χ1n) is 41.3. The maximum absolute atomic E-state index is 12.6. The number of hydrogen-bond acceptors (Lipinski definition) is 18. The minimum absolute atomic E-state index is 0.174. The van der Waals surface area contributed by atoms with Crippen LogP contribution in [-0.4, -0.2) is 131 Å². The van der Waals surface area contributed by atoms with Crippen LogP contribution in [0.1, 0.15) is 387 Å². The standard InChI is InChI=1S/C42H79O10P.C38H75O10P/c1-3-5-7-9-11-13-15-17-19-21-23-25-27-29-31-33-41(45)49-37-40(38-51-53(47,48)50-36-39(44)35-43)52-42(46)34-32-30-28-26-24-22-20-18-16-14-12-10-8-6-4-2;1-3-5-7-9-11-13-15-17-19-21-23-25-27-29-37(41)45-33-36(34-47-49(43,44)46-32-35(40)31-39)48-38(42)30-28-26-24-22-20-18-16-14-12-10-8-6-4-2/h17-20,39-40,43-44H,3-16,21-38H2,1-2H3,(H,47,48);35-36,39-40H,3-34H2,1-2H3,(H,43,44)/b19-17-,20-18-;/t39-,40?;35-,36?/m00/s1. The molecule has 0 aliphatic rings. The van der Waals surface area contributed by atoms with E-state index in [9.17, 15) is 48.3 Å². The summed E-state index contributed by atoms with van der Waals surface area (Å²) in [6.45, 7) is 4.75. The Morgan fingerprint density at radius 1 is 0.284 bits per heavy atom. The average Bonchev–Trinajstić information content (AvgIpc) is 1.04. The SMILES string of the molecule is CCCCCCCC/C=C\CCCCCCCC(=O)OCC(COP(=O)(O)OC[C@@H](O)CO)OC(=O)CCCCCCC/C=C\CCCCCCCC.CCCCCCCCCCCCCCCC(=O)OCC(COP(=O)(O)OC[C@@H](O)CO)OC(=O)CCCCCCCCCCCCCCC. The van der Waals surface area contributed by atoms with Gasteiger partial charge in [0.25, 0.3) is 0 Å². The molecule has 0 fully saturated rings. The largest absolute Gasteiger partial charge is 0.472 e. The number of aliphatic hydroxyl groups is 4. The van der Waals surface area contributed by atoms with Gasteiger partial charge in [-0.25, -0.2) is 9.13 Å². The molecule has 0 aromatic rings. The monoisotopic (exact) mass is 1500 g/mol. The first-order valence-corrected chi connectivity index (χ1v) is 44.3. The topological polar surface area (TPSA) is 298 Å². The van der Waals surface area contributed by atoms with Gasteiger partial charge in [0.05, 0.1) is 39.6 Å². The van der Waals surface area contributed by atoms with Gasteiger partial charge < -0.3 is 49.2 Å². The van der Waals surface area contributed by atoms with Crippen LogP contribution < -0.4 is 0 Å². The molecule has 22 heteroatoms. The molecule has 0 aromatic heterocycles. The lowest BCUT2D eigenvalue weighted by Crippen LogP contribution is -2.29. The van der Waals surface area contributed by atoms with E-state index in [1.165, 1.54) is 199 Å². The maximum Gasteiger partial charge on any atom is 0.472 e. The van der Waals surface area contributed by atoms with Crippen molar-refractivity contribution in [3.8, 4) is 0 Å². The molecular formula is C80H154O20P2. The van der Waals surface area contributed by atoms with Crippen LogP contribution in [0.2, 0.25) is 0 Å². The molecule has 6 atom stereocenters. The predicted octanol–water partition coefficient (Wildman–Crippen LogP) is 20.9. The molecule has 0 spiro atoms. The summed E-state index contributed by atoms with van der Waals surface area (Å²) in [6.07, 6.45) is 66.3. The zero-order valence-electron chi connectivity index (χ0n) is 65.2. The summed E-state index contributed by atoms with van der Waals surface area (Å²) in [7, 11) is -9.22. The van der Waals surface area contributed by atoms with Crippen LogP contribution >= 0.6 is 15.6 Å². The summed E-state index contributed by atoms with van der Waals surface area (Å²) in [6, 6.07) is 0. The van der Waals surface area contributed by atoms with E-state index in [4.69, 9.17) is 38.2 Å². The molecule has 6 N–H and O–H groups in total. The molecule has 0 bridgehead atoms. The highest BCUT2D eigenvalue weighted by molar-refractivity contribution is 7.47. The van der Waals surface area contributed by atoms with Crippen LogP contribution in [-0.2, 0) is 65.4 Å². The Morgan fingerprint density at radius 2 is 0.480 bits per heavy atom. The molecule has 0 saturated carbocycles. The number of aliphatic hydroxyl groups excluding tert-OH is 4. The van der Waals surface area contributed by atoms with Crippen molar-refractivity contribution >= 4 is 39.5 Å². The van der Waals surface area contributed by atoms with Crippen molar-refractivity contribution in [2.24, 2.45) is 0 Å². The average molecular weight is 1500 g/mol. The van der Waals surface area contributed by atoms with Crippen molar-refractivity contribution in [3.05, 3.63) is 24.3 Å². The van der Waals surface area contributed by atoms with Gasteiger partial charge in [-0.15, -0.1) is 0 Å². The molecule has 0 rings (SSSR count). The van der Waals surface area contributed by atoms with E-state index in [0.29, 0.717) is 25.7 Å². The van der Waals surface area contributed by atoms with Crippen LogP contribution in [0, 0.1) is 0 Å². The molecular weight excluding hydrogens is 1340 g/mol. The zero-order valence-corrected chi connectivity index (χ0v) is 67.0. The van der Waals surface area contributed by atoms with E-state index >= 15 is 0 Å². The number of phosphoric ester groups is 2. The predicted molar refractivity (Wildman–Crippen MR) is 411 cm³/mol. The fraction of sp³-hybridized carbons (Fsp3) is 0.900. The van der Waals surface area contributed by atoms with Crippen LogP contribution in [0.15, 0.2) is 24.3 Å². The van der Waals surface area contributed by atoms with Gasteiger partial charge in [-0.2, -0.15) is 0 Å². The lowest BCUT2D eigenvalue weighted by molar-refractivity contribution is -0.161. The highest BCUT2D eigenvalue weighted by Gasteiger charge is 2.29. The molecule has 0 radical (unpaired) electrons. The number of hydrogen-bond donors (Lipinski definition) is 6. The van der Waals surface area contributed by atoms with E-state index in [0.717, 1.165) is 109 Å². The maximum atomic E-state index is 12.6. The fourth-order valence-electron chi connectivity index (χ4n) is 11.4. The first-order chi connectivity index (χ1) is 49.5. The van der Waals surface area contributed by atoms with Crippen molar-refractivity contribution in [1.82, 2.24) is 0 Å². The molecule has 102 heavy (non-hydrogen) atoms. The second-order valence-electron chi connectivity index (χ2n) is 28.0. The minimum atomic E-state index is -4.62. The van der Waals surface area contributed by atoms with Gasteiger partial charge in [0.15, 0.2) is 12.2 Å². The van der Waals surface area contributed by atoms with Crippen LogP contribution in [0.25, 0.3) is 0 Å². The summed E-state index contributed by atoms with van der Waals surface area (Å²) in [4.78, 5) is 69.8. The highest BCUT2D eigenvalue weighted by atomic mass is 31.2. The van der Waals surface area contributed by atoms with Gasteiger partial charge >= 0.3 is 39.5 Å². The summed E-state index contributed by atoms with van der Waals surface area (Å²) in [5, 5.41) is 36.6. The third-order valence-corrected chi connectivity index (χ3v) is 19.7. The summed E-state index contributed by atoms with van der Waals surface area (Å²) in [5.74, 6) is -1.85. The van der Waals surface area contributed by atoms with E-state index < -0.39 is 104 Å². The second-order valence-corrected chi connectivity index (χ2v) is 30.9. The lowest BCUT2D eigenvalue weighted by Gasteiger charge is -2.20. The van der Waals surface area contributed by atoms with Gasteiger partial charge in [-0.1, -0.05) is 309 Å². The van der Waals surface area contributed by atoms with Crippen molar-refractivity contribution < 1.29 is 95.6 Å². The number of phosphoric acid groups is 2. The quantitative estimate of drug-likeness (QED) is 0.0108. The van der Waals surface area contributed by atoms with E-state index in [1.807, 2.05) is 0 Å². The Balaban J connectivity index is 0. The molecule has 604 valence electrons. The molecule has 0 aliphatic heterocycles. The van der Waals surface area contributed by atoms with Gasteiger partial charge in [0.1, 0.15) is 25.4 Å². The Labute approximate surface area is 621 Å². The molecule has 0 heterocycles. The first kappa shape index (κ1) is 101. The lowest BCUT2D eigenvalue weighted by atomic mass is 10.0. The van der Waals surface area contributed by atoms with Crippen molar-refractivity contribution in [3.63, 3.8) is 0 Å². The molecule has 0 saturated heterocycles. The van der Waals surface area contributed by atoms with E-state index in [1.54, 1.807) is 0 Å². The Bertz CT molecular complexity index is 2010. The second kappa shape index (κ2) is 78.0. The van der Waals surface area contributed by atoms with Crippen molar-refractivity contribution in [2.75, 3.05) is 52.9 Å². The number of rotatable bonds is 78. The normalized spacial score (nSPS) is 14.1. The Kier molecular flexibility index (Phi) is 77.6. The zero-order chi connectivity index (χ0) is 75.4. The Morgan fingerprint density at radius 3 is 0.706 bits per heavy atom. The Hall–Kier alpha value is -2.58. The van der Waals surface area contributed by atoms with E-state index in [2.05, 4.69) is 61.0 Å².